The fourth-order valence-corrected chi connectivity index (χ4v) is 4.07. The predicted octanol–water partition coefficient (Wildman–Crippen LogP) is 3.97. The van der Waals surface area contributed by atoms with Crippen LogP contribution in [0, 0.1) is 5.92 Å². The first-order valence-electron chi connectivity index (χ1n) is 10.2. The molecule has 4 rings (SSSR count). The maximum atomic E-state index is 12.4. The molecule has 31 heavy (non-hydrogen) atoms. The van der Waals surface area contributed by atoms with Crippen molar-refractivity contribution in [2.24, 2.45) is 11.7 Å². The maximum absolute atomic E-state index is 12.4. The highest BCUT2D eigenvalue weighted by Crippen LogP contribution is 2.27. The number of aromatic nitrogens is 3. The zero-order chi connectivity index (χ0) is 20.1. The van der Waals surface area contributed by atoms with Crippen molar-refractivity contribution in [3.63, 3.8) is 0 Å². The zero-order valence-corrected chi connectivity index (χ0v) is 18.9. The molecule has 1 aromatic heterocycles. The molecule has 1 aliphatic rings. The lowest BCUT2D eigenvalue weighted by Crippen LogP contribution is -2.31. The van der Waals surface area contributed by atoms with Crippen LogP contribution in [-0.2, 0) is 17.9 Å². The molecule has 1 saturated carbocycles. The summed E-state index contributed by atoms with van der Waals surface area (Å²) in [6, 6.07) is 16.8. The number of halogens is 2. The quantitative estimate of drug-likeness (QED) is 0.557. The molecule has 6 nitrogen and oxygen atoms in total. The molecule has 0 saturated heterocycles. The van der Waals surface area contributed by atoms with E-state index >= 15 is 0 Å². The molecule has 1 amide bonds. The van der Waals surface area contributed by atoms with E-state index in [0.29, 0.717) is 25.4 Å². The molecule has 0 aliphatic heterocycles. The lowest BCUT2D eigenvalue weighted by atomic mass is 9.98. The highest BCUT2D eigenvalue weighted by Gasteiger charge is 2.25. The Kier molecular flexibility index (Phi) is 9.49. The fraction of sp³-hybridized carbons (Fsp3) is 0.348. The number of nitrogens with two attached hydrogens (primary N) is 1. The van der Waals surface area contributed by atoms with Gasteiger partial charge in [0.2, 0.25) is 5.91 Å². The van der Waals surface area contributed by atoms with Crippen molar-refractivity contribution in [1.82, 2.24) is 20.1 Å². The molecular weight excluding hydrogens is 433 g/mol. The Morgan fingerprint density at radius 3 is 2.55 bits per heavy atom. The summed E-state index contributed by atoms with van der Waals surface area (Å²) in [6.07, 6.45) is 7.01. The minimum atomic E-state index is 0. The summed E-state index contributed by atoms with van der Waals surface area (Å²) in [4.78, 5) is 16.4. The summed E-state index contributed by atoms with van der Waals surface area (Å²) < 4.78 is 1.80. The molecule has 0 radical (unpaired) electrons. The van der Waals surface area contributed by atoms with Gasteiger partial charge in [0.25, 0.3) is 0 Å². The number of amides is 1. The second-order valence-corrected chi connectivity index (χ2v) is 7.78. The number of carbonyl (C=O) groups excluding carboxylic acids is 1. The number of carbonyl (C=O) groups is 1. The molecule has 166 valence electrons. The lowest BCUT2D eigenvalue weighted by Gasteiger charge is -2.16. The van der Waals surface area contributed by atoms with Gasteiger partial charge in [-0.2, -0.15) is 5.10 Å². The Balaban J connectivity index is 0.00000171. The molecule has 3 N–H and O–H groups in total. The molecule has 0 spiro atoms. The van der Waals surface area contributed by atoms with Gasteiger partial charge < -0.3 is 11.1 Å². The topological polar surface area (TPSA) is 85.8 Å². The van der Waals surface area contributed by atoms with Crippen LogP contribution < -0.4 is 11.1 Å². The van der Waals surface area contributed by atoms with Gasteiger partial charge in [0.05, 0.1) is 6.54 Å². The molecule has 1 fully saturated rings. The van der Waals surface area contributed by atoms with Gasteiger partial charge in [-0.1, -0.05) is 55.0 Å². The third kappa shape index (κ3) is 6.53. The van der Waals surface area contributed by atoms with Crippen molar-refractivity contribution in [2.45, 2.75) is 44.8 Å². The van der Waals surface area contributed by atoms with Gasteiger partial charge in [0.1, 0.15) is 12.7 Å². The summed E-state index contributed by atoms with van der Waals surface area (Å²) in [5, 5.41) is 7.23. The number of nitrogens with zero attached hydrogens (tertiary/aromatic N) is 3. The number of rotatable bonds is 7. The summed E-state index contributed by atoms with van der Waals surface area (Å²) in [7, 11) is 0. The molecular formula is C23H29Cl2N5O. The van der Waals surface area contributed by atoms with Crippen LogP contribution in [0.2, 0.25) is 0 Å². The summed E-state index contributed by atoms with van der Waals surface area (Å²) in [5.74, 6) is 0.410. The van der Waals surface area contributed by atoms with E-state index in [2.05, 4.69) is 51.8 Å². The third-order valence-electron chi connectivity index (χ3n) is 5.73. The van der Waals surface area contributed by atoms with Crippen LogP contribution in [0.3, 0.4) is 0 Å². The van der Waals surface area contributed by atoms with Crippen molar-refractivity contribution in [2.75, 3.05) is 0 Å². The maximum Gasteiger partial charge on any atom is 0.220 e. The normalized spacial score (nSPS) is 17.5. The van der Waals surface area contributed by atoms with Crippen LogP contribution in [0.5, 0.6) is 0 Å². The van der Waals surface area contributed by atoms with Gasteiger partial charge in [-0.3, -0.25) is 4.79 Å². The van der Waals surface area contributed by atoms with Gasteiger partial charge in [-0.05, 0) is 41.0 Å². The number of hydrogen-bond donors (Lipinski definition) is 2. The first-order chi connectivity index (χ1) is 14.2. The van der Waals surface area contributed by atoms with Crippen LogP contribution in [0.15, 0.2) is 61.2 Å². The van der Waals surface area contributed by atoms with Crippen molar-refractivity contribution in [3.8, 4) is 11.1 Å². The number of hydrogen-bond acceptors (Lipinski definition) is 4. The summed E-state index contributed by atoms with van der Waals surface area (Å²) in [5.41, 5.74) is 10.6. The molecule has 3 aromatic rings. The van der Waals surface area contributed by atoms with Gasteiger partial charge >= 0.3 is 0 Å². The van der Waals surface area contributed by atoms with Crippen molar-refractivity contribution >= 4 is 30.7 Å². The molecule has 2 aromatic carbocycles. The van der Waals surface area contributed by atoms with Gasteiger partial charge in [0, 0.05) is 19.0 Å². The highest BCUT2D eigenvalue weighted by molar-refractivity contribution is 5.85. The highest BCUT2D eigenvalue weighted by atomic mass is 35.5. The Morgan fingerprint density at radius 1 is 1.10 bits per heavy atom. The van der Waals surface area contributed by atoms with E-state index in [-0.39, 0.29) is 36.8 Å². The van der Waals surface area contributed by atoms with E-state index in [1.807, 2.05) is 12.1 Å². The SMILES string of the molecule is Cl.Cl.N[C@@H]1CCC[C@H]1CC(=O)NCc1ccccc1-c1ccc(Cn2cncn2)cc1. The van der Waals surface area contributed by atoms with Gasteiger partial charge in [-0.25, -0.2) is 9.67 Å². The van der Waals surface area contributed by atoms with Crippen molar-refractivity contribution < 1.29 is 4.79 Å². The second-order valence-electron chi connectivity index (χ2n) is 7.78. The van der Waals surface area contributed by atoms with Crippen LogP contribution in [0.4, 0.5) is 0 Å². The average Bonchev–Trinajstić information content (AvgIpc) is 3.39. The summed E-state index contributed by atoms with van der Waals surface area (Å²) in [6.45, 7) is 1.22. The van der Waals surface area contributed by atoms with Crippen LogP contribution in [0.1, 0.15) is 36.8 Å². The first-order valence-corrected chi connectivity index (χ1v) is 10.2. The van der Waals surface area contributed by atoms with E-state index in [9.17, 15) is 4.79 Å². The molecule has 2 atom stereocenters. The number of nitrogens with one attached hydrogen (secondary N) is 1. The fourth-order valence-electron chi connectivity index (χ4n) is 4.07. The Morgan fingerprint density at radius 2 is 1.87 bits per heavy atom. The Bertz CT molecular complexity index is 947. The van der Waals surface area contributed by atoms with Crippen molar-refractivity contribution in [1.29, 1.82) is 0 Å². The van der Waals surface area contributed by atoms with E-state index in [4.69, 9.17) is 5.73 Å². The van der Waals surface area contributed by atoms with Crippen molar-refractivity contribution in [3.05, 3.63) is 72.3 Å². The van der Waals surface area contributed by atoms with Crippen LogP contribution in [-0.4, -0.2) is 26.7 Å². The Hall–Kier alpha value is -2.41. The van der Waals surface area contributed by atoms with E-state index in [1.165, 1.54) is 0 Å². The first kappa shape index (κ1) is 24.9. The number of benzene rings is 2. The molecule has 0 bridgehead atoms. The van der Waals surface area contributed by atoms with E-state index in [0.717, 1.165) is 41.5 Å². The van der Waals surface area contributed by atoms with E-state index < -0.39 is 0 Å². The standard InChI is InChI=1S/C23H27N5O.2ClH/c24-22-7-3-5-19(22)12-23(29)26-13-20-4-1-2-6-21(20)18-10-8-17(9-11-18)14-28-16-25-15-27-28;;/h1-2,4,6,8-11,15-16,19,22H,3,5,7,12-14,24H2,(H,26,29);2*1H/t19-,22+;;/m0../s1. The smallest absolute Gasteiger partial charge is 0.220 e. The molecule has 8 heteroatoms. The largest absolute Gasteiger partial charge is 0.352 e. The second kappa shape index (κ2) is 11.8. The van der Waals surface area contributed by atoms with E-state index in [1.54, 1.807) is 17.3 Å². The monoisotopic (exact) mass is 461 g/mol. The van der Waals surface area contributed by atoms with Gasteiger partial charge in [-0.15, -0.1) is 24.8 Å². The molecule has 1 aliphatic carbocycles. The minimum absolute atomic E-state index is 0. The third-order valence-corrected chi connectivity index (χ3v) is 5.73. The predicted molar refractivity (Wildman–Crippen MR) is 127 cm³/mol. The minimum Gasteiger partial charge on any atom is -0.352 e. The molecule has 0 unspecified atom stereocenters. The van der Waals surface area contributed by atoms with Crippen LogP contribution >= 0.6 is 24.8 Å². The summed E-state index contributed by atoms with van der Waals surface area (Å²) >= 11 is 0. The van der Waals surface area contributed by atoms with Gasteiger partial charge in [0.15, 0.2) is 0 Å². The zero-order valence-electron chi connectivity index (χ0n) is 17.3. The lowest BCUT2D eigenvalue weighted by molar-refractivity contribution is -0.122. The average molecular weight is 462 g/mol. The Labute approximate surface area is 195 Å². The van der Waals surface area contributed by atoms with Crippen LogP contribution in [0.25, 0.3) is 11.1 Å². The molecule has 1 heterocycles.